The first kappa shape index (κ1) is 18.1. The van der Waals surface area contributed by atoms with Crippen molar-refractivity contribution in [2.45, 2.75) is 37.8 Å². The van der Waals surface area contributed by atoms with Crippen LogP contribution in [-0.4, -0.2) is 31.7 Å². The highest BCUT2D eigenvalue weighted by molar-refractivity contribution is 7.91. The second-order valence-corrected chi connectivity index (χ2v) is 9.90. The Morgan fingerprint density at radius 3 is 2.24 bits per heavy atom. The molecule has 3 rings (SSSR count). The number of amides is 1. The van der Waals surface area contributed by atoms with Gasteiger partial charge in [0.1, 0.15) is 4.21 Å². The number of thiophene rings is 1. The Balaban J connectivity index is 1.84. The van der Waals surface area contributed by atoms with Crippen molar-refractivity contribution in [3.8, 4) is 0 Å². The summed E-state index contributed by atoms with van der Waals surface area (Å²) in [5.74, 6) is -0.224. The van der Waals surface area contributed by atoms with E-state index in [4.69, 9.17) is 0 Å². The van der Waals surface area contributed by atoms with Gasteiger partial charge in [-0.3, -0.25) is 4.79 Å². The number of nitrogens with one attached hydrogen (secondary N) is 1. The Morgan fingerprint density at radius 1 is 1.04 bits per heavy atom. The minimum absolute atomic E-state index is 0.224. The maximum Gasteiger partial charge on any atom is 0.255 e. The first-order valence-electron chi connectivity index (χ1n) is 8.27. The van der Waals surface area contributed by atoms with Crippen molar-refractivity contribution >= 4 is 33.0 Å². The quantitative estimate of drug-likeness (QED) is 0.882. The molecule has 2 aromatic rings. The van der Waals surface area contributed by atoms with Gasteiger partial charge in [0.25, 0.3) is 15.9 Å². The van der Waals surface area contributed by atoms with Crippen LogP contribution in [0.5, 0.6) is 0 Å². The Labute approximate surface area is 152 Å². The number of benzene rings is 1. The molecule has 1 N–H and O–H groups in total. The zero-order valence-electron chi connectivity index (χ0n) is 14.6. The van der Waals surface area contributed by atoms with Crippen LogP contribution in [0.1, 0.15) is 39.2 Å². The van der Waals surface area contributed by atoms with Crippen LogP contribution in [0.4, 0.5) is 5.69 Å². The molecule has 1 saturated heterocycles. The lowest BCUT2D eigenvalue weighted by molar-refractivity contribution is 0.102. The van der Waals surface area contributed by atoms with Crippen LogP contribution >= 0.6 is 11.3 Å². The maximum atomic E-state index is 12.7. The summed E-state index contributed by atoms with van der Waals surface area (Å²) in [6.45, 7) is 6.86. The van der Waals surface area contributed by atoms with Crippen molar-refractivity contribution in [1.82, 2.24) is 4.31 Å². The lowest BCUT2D eigenvalue weighted by Gasteiger charge is -2.13. The summed E-state index contributed by atoms with van der Waals surface area (Å²) >= 11 is 1.21. The summed E-state index contributed by atoms with van der Waals surface area (Å²) < 4.78 is 27.2. The Bertz CT molecular complexity index is 890. The minimum Gasteiger partial charge on any atom is -0.321 e. The van der Waals surface area contributed by atoms with Crippen molar-refractivity contribution in [3.05, 3.63) is 45.8 Å². The van der Waals surface area contributed by atoms with Gasteiger partial charge in [0.2, 0.25) is 0 Å². The lowest BCUT2D eigenvalue weighted by atomic mass is 10.1. The fourth-order valence-corrected chi connectivity index (χ4v) is 6.13. The number of aryl methyl sites for hydroxylation is 3. The normalized spacial score (nSPS) is 15.5. The average Bonchev–Trinajstić information content (AvgIpc) is 3.17. The zero-order chi connectivity index (χ0) is 18.2. The van der Waals surface area contributed by atoms with Gasteiger partial charge in [0.15, 0.2) is 0 Å². The van der Waals surface area contributed by atoms with Crippen LogP contribution in [-0.2, 0) is 10.0 Å². The first-order valence-corrected chi connectivity index (χ1v) is 10.5. The highest BCUT2D eigenvalue weighted by Crippen LogP contribution is 2.33. The Hall–Kier alpha value is -1.70. The fourth-order valence-electron chi connectivity index (χ4n) is 3.06. The molecular formula is C18H22N2O3S2. The number of rotatable bonds is 4. The number of anilines is 1. The monoisotopic (exact) mass is 378 g/mol. The highest BCUT2D eigenvalue weighted by atomic mass is 32.2. The summed E-state index contributed by atoms with van der Waals surface area (Å²) in [6, 6.07) is 7.24. The molecule has 0 bridgehead atoms. The Kier molecular flexibility index (Phi) is 4.99. The molecule has 0 saturated carbocycles. The van der Waals surface area contributed by atoms with Crippen molar-refractivity contribution < 1.29 is 13.2 Å². The zero-order valence-corrected chi connectivity index (χ0v) is 16.3. The van der Waals surface area contributed by atoms with E-state index in [0.29, 0.717) is 28.5 Å². The van der Waals surface area contributed by atoms with Gasteiger partial charge in [0, 0.05) is 23.5 Å². The van der Waals surface area contributed by atoms with Crippen molar-refractivity contribution in [1.29, 1.82) is 0 Å². The third-order valence-electron chi connectivity index (χ3n) is 4.29. The predicted molar refractivity (Wildman–Crippen MR) is 101 cm³/mol. The molecule has 1 aliphatic heterocycles. The summed E-state index contributed by atoms with van der Waals surface area (Å²) in [7, 11) is -3.45. The molecule has 1 amide bonds. The minimum atomic E-state index is -3.45. The number of carbonyl (C=O) groups excluding carboxylic acids is 1. The number of carbonyl (C=O) groups is 1. The molecule has 1 fully saturated rings. The van der Waals surface area contributed by atoms with Crippen LogP contribution in [0.2, 0.25) is 0 Å². The van der Waals surface area contributed by atoms with E-state index >= 15 is 0 Å². The summed E-state index contributed by atoms with van der Waals surface area (Å²) in [5, 5.41) is 2.85. The molecular weight excluding hydrogens is 356 g/mol. The van der Waals surface area contributed by atoms with Crippen molar-refractivity contribution in [3.63, 3.8) is 0 Å². The SMILES string of the molecule is Cc1cc(C)cc(C(=O)Nc2cc(S(=O)(=O)N3CCCC3)sc2C)c1. The largest absolute Gasteiger partial charge is 0.321 e. The molecule has 1 aromatic carbocycles. The maximum absolute atomic E-state index is 12.7. The van der Waals surface area contributed by atoms with Gasteiger partial charge in [-0.15, -0.1) is 11.3 Å². The predicted octanol–water partition coefficient (Wildman–Crippen LogP) is 3.71. The van der Waals surface area contributed by atoms with Gasteiger partial charge in [-0.25, -0.2) is 8.42 Å². The second-order valence-electron chi connectivity index (χ2n) is 6.48. The molecule has 25 heavy (non-hydrogen) atoms. The van der Waals surface area contributed by atoms with E-state index < -0.39 is 10.0 Å². The molecule has 0 aliphatic carbocycles. The van der Waals surface area contributed by atoms with Crippen LogP contribution < -0.4 is 5.32 Å². The van der Waals surface area contributed by atoms with Crippen molar-refractivity contribution in [2.24, 2.45) is 0 Å². The van der Waals surface area contributed by atoms with Gasteiger partial charge in [0.05, 0.1) is 5.69 Å². The molecule has 1 aliphatic rings. The van der Waals surface area contributed by atoms with Gasteiger partial charge < -0.3 is 5.32 Å². The number of sulfonamides is 1. The van der Waals surface area contributed by atoms with Crippen LogP contribution in [0.3, 0.4) is 0 Å². The highest BCUT2D eigenvalue weighted by Gasteiger charge is 2.29. The standard InChI is InChI=1S/C18H22N2O3S2/c1-12-8-13(2)10-15(9-12)18(21)19-16-11-17(24-14(16)3)25(22,23)20-6-4-5-7-20/h8-11H,4-7H2,1-3H3,(H,19,21). The topological polar surface area (TPSA) is 66.5 Å². The summed E-state index contributed by atoms with van der Waals surface area (Å²) in [5.41, 5.74) is 3.17. The summed E-state index contributed by atoms with van der Waals surface area (Å²) in [6.07, 6.45) is 1.81. The molecule has 1 aromatic heterocycles. The van der Waals surface area contributed by atoms with Crippen molar-refractivity contribution in [2.75, 3.05) is 18.4 Å². The molecule has 5 nitrogen and oxygen atoms in total. The van der Waals surface area contributed by atoms with E-state index in [2.05, 4.69) is 5.32 Å². The Morgan fingerprint density at radius 2 is 1.64 bits per heavy atom. The third-order valence-corrected chi connectivity index (χ3v) is 7.68. The summed E-state index contributed by atoms with van der Waals surface area (Å²) in [4.78, 5) is 13.3. The fraction of sp³-hybridized carbons (Fsp3) is 0.389. The smallest absolute Gasteiger partial charge is 0.255 e. The van der Waals surface area contributed by atoms with E-state index in [9.17, 15) is 13.2 Å². The molecule has 0 atom stereocenters. The van der Waals surface area contributed by atoms with E-state index in [1.807, 2.05) is 39.0 Å². The number of hydrogen-bond acceptors (Lipinski definition) is 4. The second kappa shape index (κ2) is 6.90. The van der Waals surface area contributed by atoms with Gasteiger partial charge in [-0.2, -0.15) is 4.31 Å². The lowest BCUT2D eigenvalue weighted by Crippen LogP contribution is -2.27. The van der Waals surface area contributed by atoms with E-state index in [-0.39, 0.29) is 5.91 Å². The van der Waals surface area contributed by atoms with Crippen LogP contribution in [0.15, 0.2) is 28.5 Å². The van der Waals surface area contributed by atoms with Gasteiger partial charge in [-0.05, 0) is 51.8 Å². The molecule has 0 radical (unpaired) electrons. The molecule has 0 spiro atoms. The third kappa shape index (κ3) is 3.78. The van der Waals surface area contributed by atoms with Crippen LogP contribution in [0.25, 0.3) is 0 Å². The van der Waals surface area contributed by atoms with Crippen LogP contribution in [0, 0.1) is 20.8 Å². The molecule has 134 valence electrons. The van der Waals surface area contributed by atoms with E-state index in [1.54, 1.807) is 6.07 Å². The molecule has 0 unspecified atom stereocenters. The van der Waals surface area contributed by atoms with Gasteiger partial charge >= 0.3 is 0 Å². The molecule has 2 heterocycles. The molecule has 7 heteroatoms. The van der Waals surface area contributed by atoms with E-state index in [1.165, 1.54) is 15.6 Å². The van der Waals surface area contributed by atoms with Gasteiger partial charge in [-0.1, -0.05) is 17.2 Å². The first-order chi connectivity index (χ1) is 11.8. The van der Waals surface area contributed by atoms with E-state index in [0.717, 1.165) is 28.8 Å². The number of nitrogens with zero attached hydrogens (tertiary/aromatic N) is 1. The average molecular weight is 379 g/mol. The number of hydrogen-bond donors (Lipinski definition) is 1.